The highest BCUT2D eigenvalue weighted by Crippen LogP contribution is 2.25. The number of anilines is 3. The number of aryl methyl sites for hydroxylation is 1. The molecule has 2 aromatic carbocycles. The summed E-state index contributed by atoms with van der Waals surface area (Å²) < 4.78 is 44.1. The van der Waals surface area contributed by atoms with Crippen LogP contribution in [0.15, 0.2) is 72.1 Å². The van der Waals surface area contributed by atoms with E-state index in [9.17, 15) is 12.8 Å². The molecule has 0 saturated carbocycles. The van der Waals surface area contributed by atoms with Gasteiger partial charge < -0.3 is 5.32 Å². The summed E-state index contributed by atoms with van der Waals surface area (Å²) in [5, 5.41) is 16.1. The fourth-order valence-corrected chi connectivity index (χ4v) is 4.35. The number of H-pyrrole nitrogens is 1. The number of nitrogens with zero attached hydrogens (tertiary/aromatic N) is 7. The third kappa shape index (κ3) is 4.67. The Morgan fingerprint density at radius 3 is 2.51 bits per heavy atom. The summed E-state index contributed by atoms with van der Waals surface area (Å²) >= 11 is 0. The number of benzene rings is 2. The van der Waals surface area contributed by atoms with Crippen LogP contribution in [0.1, 0.15) is 5.82 Å². The molecule has 35 heavy (non-hydrogen) atoms. The van der Waals surface area contributed by atoms with Crippen LogP contribution in [-0.4, -0.2) is 48.6 Å². The van der Waals surface area contributed by atoms with Crippen molar-refractivity contribution >= 4 is 27.2 Å². The lowest BCUT2D eigenvalue weighted by molar-refractivity contribution is 0.600. The average Bonchev–Trinajstić information content (AvgIpc) is 3.53. The molecule has 3 aromatic heterocycles. The van der Waals surface area contributed by atoms with Gasteiger partial charge >= 0.3 is 0 Å². The Bertz CT molecular complexity index is 1580. The molecular weight excluding hydrogens is 475 g/mol. The Morgan fingerprint density at radius 1 is 1.00 bits per heavy atom. The van der Waals surface area contributed by atoms with Gasteiger partial charge in [0.25, 0.3) is 10.0 Å². The van der Waals surface area contributed by atoms with E-state index in [2.05, 4.69) is 45.6 Å². The lowest BCUT2D eigenvalue weighted by atomic mass is 10.2. The van der Waals surface area contributed by atoms with Crippen LogP contribution in [0, 0.1) is 12.7 Å². The van der Waals surface area contributed by atoms with Crippen molar-refractivity contribution in [3.8, 4) is 17.2 Å². The maximum atomic E-state index is 14.1. The predicted molar refractivity (Wildman–Crippen MR) is 124 cm³/mol. The molecule has 3 N–H and O–H groups in total. The topological polar surface area (TPSA) is 156 Å². The minimum atomic E-state index is -4.00. The first-order chi connectivity index (χ1) is 16.9. The number of rotatable bonds is 7. The van der Waals surface area contributed by atoms with E-state index in [0.29, 0.717) is 23.0 Å². The molecule has 0 atom stereocenters. The molecule has 3 heterocycles. The Balaban J connectivity index is 1.32. The average molecular weight is 493 g/mol. The van der Waals surface area contributed by atoms with Gasteiger partial charge in [-0.2, -0.15) is 5.21 Å². The van der Waals surface area contributed by atoms with Gasteiger partial charge in [0.1, 0.15) is 29.6 Å². The maximum Gasteiger partial charge on any atom is 0.261 e. The highest BCUT2D eigenvalue weighted by Gasteiger charge is 2.19. The molecule has 0 radical (unpaired) electrons. The monoisotopic (exact) mass is 492 g/mol. The zero-order chi connectivity index (χ0) is 24.4. The van der Waals surface area contributed by atoms with Crippen LogP contribution < -0.4 is 10.0 Å². The van der Waals surface area contributed by atoms with Crippen molar-refractivity contribution in [2.24, 2.45) is 0 Å². The quantitative estimate of drug-likeness (QED) is 0.311. The first kappa shape index (κ1) is 22.1. The Hall–Kier alpha value is -4.72. The van der Waals surface area contributed by atoms with E-state index < -0.39 is 15.8 Å². The Morgan fingerprint density at radius 2 is 1.80 bits per heavy atom. The summed E-state index contributed by atoms with van der Waals surface area (Å²) in [6.45, 7) is 1.87. The van der Waals surface area contributed by atoms with Crippen LogP contribution in [0.25, 0.3) is 17.2 Å². The van der Waals surface area contributed by atoms with E-state index in [-0.39, 0.29) is 16.3 Å². The molecule has 0 aliphatic rings. The van der Waals surface area contributed by atoms with E-state index in [1.807, 2.05) is 11.5 Å². The molecule has 0 aliphatic heterocycles. The third-order valence-corrected chi connectivity index (χ3v) is 6.35. The molecule has 0 fully saturated rings. The van der Waals surface area contributed by atoms with Gasteiger partial charge in [-0.3, -0.25) is 9.29 Å². The molecule has 0 saturated heterocycles. The van der Waals surface area contributed by atoms with E-state index in [1.54, 1.807) is 42.7 Å². The zero-order valence-electron chi connectivity index (χ0n) is 18.1. The number of aromatic nitrogens is 8. The molecule has 0 bridgehead atoms. The highest BCUT2D eigenvalue weighted by molar-refractivity contribution is 7.92. The van der Waals surface area contributed by atoms with Crippen molar-refractivity contribution in [3.63, 3.8) is 0 Å². The number of imidazole rings is 1. The van der Waals surface area contributed by atoms with Gasteiger partial charge in [0.2, 0.25) is 5.82 Å². The summed E-state index contributed by atoms with van der Waals surface area (Å²) in [6, 6.07) is 11.7. The molecular formula is C21H17FN10O2S. The van der Waals surface area contributed by atoms with E-state index in [0.717, 1.165) is 24.0 Å². The van der Waals surface area contributed by atoms with E-state index in [1.165, 1.54) is 6.33 Å². The largest absolute Gasteiger partial charge is 0.340 e. The summed E-state index contributed by atoms with van der Waals surface area (Å²) in [6.07, 6.45) is 4.92. The van der Waals surface area contributed by atoms with Crippen LogP contribution in [0.4, 0.5) is 21.6 Å². The second-order valence-corrected chi connectivity index (χ2v) is 8.97. The van der Waals surface area contributed by atoms with Crippen molar-refractivity contribution in [3.05, 3.63) is 78.9 Å². The van der Waals surface area contributed by atoms with Gasteiger partial charge in [0.05, 0.1) is 10.5 Å². The van der Waals surface area contributed by atoms with Gasteiger partial charge in [0.15, 0.2) is 0 Å². The van der Waals surface area contributed by atoms with Crippen molar-refractivity contribution in [2.75, 3.05) is 10.0 Å². The smallest absolute Gasteiger partial charge is 0.261 e. The zero-order valence-corrected chi connectivity index (χ0v) is 18.9. The van der Waals surface area contributed by atoms with Gasteiger partial charge in [-0.25, -0.2) is 27.8 Å². The molecule has 5 rings (SSSR count). The highest BCUT2D eigenvalue weighted by atomic mass is 32.2. The molecule has 176 valence electrons. The molecule has 5 aromatic rings. The Kier molecular flexibility index (Phi) is 5.62. The number of hydrogen-bond acceptors (Lipinski definition) is 9. The van der Waals surface area contributed by atoms with Crippen molar-refractivity contribution in [1.29, 1.82) is 0 Å². The standard InChI is InChI=1S/C21H17FN10O2S/c1-13-23-8-9-32(13)20-11-19(24-12-25-20)26-14-2-4-15(5-3-14)29-35(33,34)16-6-7-18(22)17(10-16)21-27-30-31-28-21/h2-12,29H,1H3,(H,24,25,26)(H,27,28,30,31). The summed E-state index contributed by atoms with van der Waals surface area (Å²) in [4.78, 5) is 12.5. The fourth-order valence-electron chi connectivity index (χ4n) is 3.27. The van der Waals surface area contributed by atoms with Crippen LogP contribution in [-0.2, 0) is 10.0 Å². The SMILES string of the molecule is Cc1nccn1-c1cc(Nc2ccc(NS(=O)(=O)c3ccc(F)c(-c4nn[nH]n4)c3)cc2)ncn1. The van der Waals surface area contributed by atoms with Crippen molar-refractivity contribution < 1.29 is 12.8 Å². The molecule has 0 spiro atoms. The molecule has 0 amide bonds. The van der Waals surface area contributed by atoms with Gasteiger partial charge in [0, 0.05) is 29.8 Å². The van der Waals surface area contributed by atoms with Crippen LogP contribution >= 0.6 is 0 Å². The number of hydrogen-bond donors (Lipinski definition) is 3. The molecule has 12 nitrogen and oxygen atoms in total. The van der Waals surface area contributed by atoms with Crippen LogP contribution in [0.2, 0.25) is 0 Å². The van der Waals surface area contributed by atoms with E-state index in [4.69, 9.17) is 0 Å². The molecule has 0 aliphatic carbocycles. The second kappa shape index (κ2) is 8.90. The molecule has 0 unspecified atom stereocenters. The summed E-state index contributed by atoms with van der Waals surface area (Å²) in [7, 11) is -4.00. The second-order valence-electron chi connectivity index (χ2n) is 7.29. The minimum Gasteiger partial charge on any atom is -0.340 e. The number of nitrogens with one attached hydrogen (secondary N) is 3. The summed E-state index contributed by atoms with van der Waals surface area (Å²) in [5.74, 6) is 1.28. The minimum absolute atomic E-state index is 0.0499. The van der Waals surface area contributed by atoms with E-state index >= 15 is 0 Å². The van der Waals surface area contributed by atoms with Crippen LogP contribution in [0.3, 0.4) is 0 Å². The van der Waals surface area contributed by atoms with Crippen molar-refractivity contribution in [2.45, 2.75) is 11.8 Å². The van der Waals surface area contributed by atoms with Gasteiger partial charge in [-0.15, -0.1) is 10.2 Å². The lowest BCUT2D eigenvalue weighted by Crippen LogP contribution is -2.13. The van der Waals surface area contributed by atoms with Gasteiger partial charge in [-0.05, 0) is 54.6 Å². The fraction of sp³-hybridized carbons (Fsp3) is 0.0476. The number of halogens is 1. The maximum absolute atomic E-state index is 14.1. The number of tetrazole rings is 1. The first-order valence-electron chi connectivity index (χ1n) is 10.1. The number of sulfonamides is 1. The molecule has 14 heteroatoms. The first-order valence-corrected chi connectivity index (χ1v) is 11.6. The normalized spacial score (nSPS) is 11.4. The summed E-state index contributed by atoms with van der Waals surface area (Å²) in [5.41, 5.74) is 0.913. The Labute approximate surface area is 198 Å². The predicted octanol–water partition coefficient (Wildman–Crippen LogP) is 2.83. The van der Waals surface area contributed by atoms with Crippen LogP contribution in [0.5, 0.6) is 0 Å². The van der Waals surface area contributed by atoms with Crippen molar-refractivity contribution in [1.82, 2.24) is 40.1 Å². The lowest BCUT2D eigenvalue weighted by Gasteiger charge is -2.11. The number of aromatic amines is 1. The van der Waals surface area contributed by atoms with Gasteiger partial charge in [-0.1, -0.05) is 0 Å². The third-order valence-electron chi connectivity index (χ3n) is 4.97.